The molecule has 3 heteroatoms. The summed E-state index contributed by atoms with van der Waals surface area (Å²) in [5.74, 6) is 0.299. The lowest BCUT2D eigenvalue weighted by molar-refractivity contribution is 0.547. The van der Waals surface area contributed by atoms with E-state index in [9.17, 15) is 4.39 Å². The van der Waals surface area contributed by atoms with E-state index >= 15 is 0 Å². The zero-order chi connectivity index (χ0) is 7.84. The van der Waals surface area contributed by atoms with Crippen LogP contribution in [0.25, 0.3) is 0 Å². The summed E-state index contributed by atoms with van der Waals surface area (Å²) < 4.78 is 12.9. The third-order valence-electron chi connectivity index (χ3n) is 2.19. The molecule has 11 heavy (non-hydrogen) atoms. The van der Waals surface area contributed by atoms with Crippen molar-refractivity contribution in [3.05, 3.63) is 23.8 Å². The summed E-state index contributed by atoms with van der Waals surface area (Å²) in [6, 6.07) is 1.29. The summed E-state index contributed by atoms with van der Waals surface area (Å²) >= 11 is 0. The normalized spacial score (nSPS) is 20.2. The topological polar surface area (TPSA) is 41.8 Å². The molecule has 1 saturated carbocycles. The first-order valence-corrected chi connectivity index (χ1v) is 3.87. The van der Waals surface area contributed by atoms with Gasteiger partial charge in [0.1, 0.15) is 5.82 Å². The van der Waals surface area contributed by atoms with E-state index in [1.54, 1.807) is 6.20 Å². The van der Waals surface area contributed by atoms with Gasteiger partial charge in [0.25, 0.3) is 0 Å². The number of hydrogen-bond acceptors (Lipinski definition) is 1. The summed E-state index contributed by atoms with van der Waals surface area (Å²) in [4.78, 5) is 2.83. The van der Waals surface area contributed by atoms with Gasteiger partial charge in [-0.15, -0.1) is 0 Å². The molecule has 60 valence electrons. The molecule has 0 bridgehead atoms. The van der Waals surface area contributed by atoms with Crippen LogP contribution in [-0.4, -0.2) is 4.98 Å². The van der Waals surface area contributed by atoms with Gasteiger partial charge < -0.3 is 10.7 Å². The lowest BCUT2D eigenvalue weighted by Gasteiger charge is -2.06. The van der Waals surface area contributed by atoms with Crippen LogP contribution in [0.3, 0.4) is 0 Å². The molecule has 1 heterocycles. The van der Waals surface area contributed by atoms with Crippen molar-refractivity contribution in [3.8, 4) is 0 Å². The molecule has 0 aromatic carbocycles. The van der Waals surface area contributed by atoms with Crippen LogP contribution in [0.2, 0.25) is 0 Å². The minimum absolute atomic E-state index is 0.120. The van der Waals surface area contributed by atoms with Crippen LogP contribution in [0.4, 0.5) is 4.39 Å². The van der Waals surface area contributed by atoms with E-state index in [0.717, 1.165) is 12.8 Å². The molecule has 0 aliphatic heterocycles. The van der Waals surface area contributed by atoms with E-state index in [1.807, 2.05) is 0 Å². The van der Waals surface area contributed by atoms with Crippen molar-refractivity contribution in [2.45, 2.75) is 18.9 Å². The van der Waals surface area contributed by atoms with E-state index in [1.165, 1.54) is 6.07 Å². The Balaban J connectivity index is 2.20. The first-order chi connectivity index (χ1) is 5.29. The van der Waals surface area contributed by atoms with Crippen LogP contribution in [0.5, 0.6) is 0 Å². The fourth-order valence-electron chi connectivity index (χ4n) is 1.31. The minimum Gasteiger partial charge on any atom is -0.361 e. The molecule has 1 aliphatic rings. The maximum atomic E-state index is 12.9. The second kappa shape index (κ2) is 2.34. The van der Waals surface area contributed by atoms with Crippen molar-refractivity contribution < 1.29 is 4.39 Å². The molecule has 1 aromatic heterocycles. The molecule has 0 radical (unpaired) electrons. The number of H-pyrrole nitrogens is 1. The molecule has 2 rings (SSSR count). The fourth-order valence-corrected chi connectivity index (χ4v) is 1.31. The molecule has 1 atom stereocenters. The molecular weight excluding hydrogens is 143 g/mol. The minimum atomic E-state index is -0.204. The molecule has 1 aliphatic carbocycles. The van der Waals surface area contributed by atoms with Gasteiger partial charge in [0, 0.05) is 6.20 Å². The Labute approximate surface area is 64.6 Å². The molecule has 1 aromatic rings. The smallest absolute Gasteiger partial charge is 0.145 e. The van der Waals surface area contributed by atoms with Crippen LogP contribution in [-0.2, 0) is 0 Å². The van der Waals surface area contributed by atoms with E-state index in [-0.39, 0.29) is 11.9 Å². The Hall–Kier alpha value is -0.830. The molecule has 1 fully saturated rings. The molecule has 2 nitrogen and oxygen atoms in total. The van der Waals surface area contributed by atoms with Crippen molar-refractivity contribution >= 4 is 0 Å². The average Bonchev–Trinajstić information content (AvgIpc) is 2.74. The first kappa shape index (κ1) is 6.85. The zero-order valence-electron chi connectivity index (χ0n) is 6.18. The highest BCUT2D eigenvalue weighted by Gasteiger charge is 2.31. The average molecular weight is 154 g/mol. The van der Waals surface area contributed by atoms with Crippen LogP contribution >= 0.6 is 0 Å². The number of aromatic nitrogens is 1. The van der Waals surface area contributed by atoms with E-state index < -0.39 is 0 Å². The molecule has 0 spiro atoms. The van der Waals surface area contributed by atoms with E-state index in [2.05, 4.69) is 4.98 Å². The van der Waals surface area contributed by atoms with Crippen LogP contribution < -0.4 is 5.73 Å². The highest BCUT2D eigenvalue weighted by Crippen LogP contribution is 2.39. The molecular formula is C8H11FN2. The van der Waals surface area contributed by atoms with Gasteiger partial charge in [-0.3, -0.25) is 0 Å². The van der Waals surface area contributed by atoms with E-state index in [0.29, 0.717) is 11.6 Å². The Morgan fingerprint density at radius 1 is 1.64 bits per heavy atom. The number of nitrogens with two attached hydrogens (primary N) is 1. The van der Waals surface area contributed by atoms with E-state index in [4.69, 9.17) is 5.73 Å². The Morgan fingerprint density at radius 3 is 2.82 bits per heavy atom. The molecule has 1 unspecified atom stereocenters. The van der Waals surface area contributed by atoms with Crippen molar-refractivity contribution in [1.82, 2.24) is 4.98 Å². The Kier molecular flexibility index (Phi) is 1.46. The predicted octanol–water partition coefficient (Wildman–Crippen LogP) is 1.56. The summed E-state index contributed by atoms with van der Waals surface area (Å²) in [6.45, 7) is 0. The molecule has 0 saturated heterocycles. The standard InChI is InChI=1S/C8H11FN2/c9-6-3-4-11-8(6)7(10)5-1-2-5/h3-5,7,11H,1-2,10H2. The number of halogens is 1. The Bertz CT molecular complexity index is 252. The lowest BCUT2D eigenvalue weighted by atomic mass is 10.1. The monoisotopic (exact) mass is 154 g/mol. The summed E-state index contributed by atoms with van der Waals surface area (Å²) in [5.41, 5.74) is 6.34. The number of hydrogen-bond donors (Lipinski definition) is 2. The van der Waals surface area contributed by atoms with Gasteiger partial charge in [-0.2, -0.15) is 0 Å². The SMILES string of the molecule is NC(c1[nH]ccc1F)C1CC1. The highest BCUT2D eigenvalue weighted by atomic mass is 19.1. The maximum Gasteiger partial charge on any atom is 0.145 e. The fraction of sp³-hybridized carbons (Fsp3) is 0.500. The third kappa shape index (κ3) is 1.16. The summed E-state index contributed by atoms with van der Waals surface area (Å²) in [7, 11) is 0. The first-order valence-electron chi connectivity index (χ1n) is 3.87. The van der Waals surface area contributed by atoms with Gasteiger partial charge >= 0.3 is 0 Å². The van der Waals surface area contributed by atoms with Gasteiger partial charge in [0.05, 0.1) is 11.7 Å². The largest absolute Gasteiger partial charge is 0.361 e. The second-order valence-electron chi connectivity index (χ2n) is 3.10. The lowest BCUT2D eigenvalue weighted by Crippen LogP contribution is -2.13. The van der Waals surface area contributed by atoms with Crippen LogP contribution in [0.15, 0.2) is 12.3 Å². The van der Waals surface area contributed by atoms with Gasteiger partial charge in [-0.05, 0) is 24.8 Å². The number of aromatic amines is 1. The number of nitrogens with one attached hydrogen (secondary N) is 1. The highest BCUT2D eigenvalue weighted by molar-refractivity contribution is 5.14. The molecule has 3 N–H and O–H groups in total. The quantitative estimate of drug-likeness (QED) is 0.667. The van der Waals surface area contributed by atoms with Crippen LogP contribution in [0.1, 0.15) is 24.6 Å². The van der Waals surface area contributed by atoms with Crippen LogP contribution in [0, 0.1) is 11.7 Å². The van der Waals surface area contributed by atoms with Gasteiger partial charge in [0.2, 0.25) is 0 Å². The van der Waals surface area contributed by atoms with Gasteiger partial charge in [-0.1, -0.05) is 0 Å². The molecule has 0 amide bonds. The maximum absolute atomic E-state index is 12.9. The van der Waals surface area contributed by atoms with Gasteiger partial charge in [-0.25, -0.2) is 4.39 Å². The summed E-state index contributed by atoms with van der Waals surface area (Å²) in [6.07, 6.45) is 3.87. The van der Waals surface area contributed by atoms with Crippen molar-refractivity contribution in [1.29, 1.82) is 0 Å². The Morgan fingerprint density at radius 2 is 2.36 bits per heavy atom. The predicted molar refractivity (Wildman–Crippen MR) is 40.4 cm³/mol. The van der Waals surface area contributed by atoms with Crippen molar-refractivity contribution in [2.75, 3.05) is 0 Å². The van der Waals surface area contributed by atoms with Gasteiger partial charge in [0.15, 0.2) is 0 Å². The van der Waals surface area contributed by atoms with Crippen molar-refractivity contribution in [3.63, 3.8) is 0 Å². The third-order valence-corrected chi connectivity index (χ3v) is 2.19. The second-order valence-corrected chi connectivity index (χ2v) is 3.10. The summed E-state index contributed by atoms with van der Waals surface area (Å²) in [5, 5.41) is 0. The number of rotatable bonds is 2. The zero-order valence-corrected chi connectivity index (χ0v) is 6.18. The van der Waals surface area contributed by atoms with Crippen molar-refractivity contribution in [2.24, 2.45) is 11.7 Å².